The monoisotopic (exact) mass is 359 g/mol. The first-order chi connectivity index (χ1) is 12.1. The number of anilines is 1. The van der Waals surface area contributed by atoms with Crippen molar-refractivity contribution in [3.05, 3.63) is 76.2 Å². The normalized spacial score (nSPS) is 16.6. The Bertz CT molecular complexity index is 887. The fourth-order valence-corrected chi connectivity index (χ4v) is 3.99. The van der Waals surface area contributed by atoms with Crippen LogP contribution in [0.5, 0.6) is 0 Å². The van der Waals surface area contributed by atoms with E-state index in [0.29, 0.717) is 13.1 Å². The molecule has 1 aromatic carbocycles. The number of carbonyl (C=O) groups is 1. The number of halogens is 2. The van der Waals surface area contributed by atoms with E-state index in [1.54, 1.807) is 16.2 Å². The number of aromatic nitrogens is 1. The highest BCUT2D eigenvalue weighted by Gasteiger charge is 2.33. The van der Waals surface area contributed by atoms with E-state index in [1.807, 2.05) is 35.8 Å². The molecule has 0 unspecified atom stereocenters. The maximum absolute atomic E-state index is 13.9. The van der Waals surface area contributed by atoms with Gasteiger partial charge in [-0.2, -0.15) is 0 Å². The van der Waals surface area contributed by atoms with Crippen LogP contribution in [0.1, 0.15) is 16.6 Å². The third kappa shape index (κ3) is 2.80. The molecule has 1 aliphatic rings. The van der Waals surface area contributed by atoms with Crippen molar-refractivity contribution in [2.75, 3.05) is 11.9 Å². The van der Waals surface area contributed by atoms with Crippen molar-refractivity contribution < 1.29 is 13.6 Å². The molecule has 0 saturated heterocycles. The Morgan fingerprint density at radius 1 is 1.08 bits per heavy atom. The van der Waals surface area contributed by atoms with Gasteiger partial charge in [-0.15, -0.1) is 11.3 Å². The molecular weight excluding hydrogens is 344 g/mol. The van der Waals surface area contributed by atoms with Crippen LogP contribution < -0.4 is 5.32 Å². The Kier molecular flexibility index (Phi) is 4.01. The van der Waals surface area contributed by atoms with Gasteiger partial charge >= 0.3 is 6.03 Å². The second-order valence-electron chi connectivity index (χ2n) is 5.76. The fraction of sp³-hybridized carbons (Fsp3) is 0.167. The van der Waals surface area contributed by atoms with Gasteiger partial charge in [-0.1, -0.05) is 12.1 Å². The van der Waals surface area contributed by atoms with E-state index in [1.165, 1.54) is 6.07 Å². The third-order valence-electron chi connectivity index (χ3n) is 4.31. The molecule has 128 valence electrons. The topological polar surface area (TPSA) is 37.3 Å². The highest BCUT2D eigenvalue weighted by Crippen LogP contribution is 2.35. The van der Waals surface area contributed by atoms with Gasteiger partial charge in [-0.25, -0.2) is 13.6 Å². The van der Waals surface area contributed by atoms with Gasteiger partial charge in [0, 0.05) is 29.9 Å². The minimum atomic E-state index is -0.790. The smallest absolute Gasteiger partial charge is 0.322 e. The van der Waals surface area contributed by atoms with Gasteiger partial charge < -0.3 is 14.8 Å². The molecule has 1 N–H and O–H groups in total. The second kappa shape index (κ2) is 6.33. The maximum Gasteiger partial charge on any atom is 0.322 e. The molecule has 2 amide bonds. The summed E-state index contributed by atoms with van der Waals surface area (Å²) in [6.07, 6.45) is 1.97. The standard InChI is InChI=1S/C18H15F2N3OS/c19-12-4-1-5-13(20)16(12)21-18(24)23-10-9-22-8-2-6-14(22)17(23)15-7-3-11-25-15/h1-8,11,17H,9-10H2,(H,21,24)/t17-/m1/s1. The molecule has 0 spiro atoms. The maximum atomic E-state index is 13.9. The molecule has 4 rings (SSSR count). The number of hydrogen-bond donors (Lipinski definition) is 1. The molecule has 0 radical (unpaired) electrons. The molecule has 0 saturated carbocycles. The Labute approximate surface area is 147 Å². The third-order valence-corrected chi connectivity index (χ3v) is 5.23. The Morgan fingerprint density at radius 2 is 1.88 bits per heavy atom. The molecule has 4 nitrogen and oxygen atoms in total. The van der Waals surface area contributed by atoms with E-state index >= 15 is 0 Å². The number of rotatable bonds is 2. The molecule has 1 aliphatic heterocycles. The number of nitrogens with one attached hydrogen (secondary N) is 1. The molecule has 7 heteroatoms. The molecule has 0 aliphatic carbocycles. The van der Waals surface area contributed by atoms with Crippen LogP contribution in [-0.4, -0.2) is 22.0 Å². The van der Waals surface area contributed by atoms with Gasteiger partial charge in [0.1, 0.15) is 23.4 Å². The minimum absolute atomic E-state index is 0.279. The van der Waals surface area contributed by atoms with Crippen molar-refractivity contribution in [3.63, 3.8) is 0 Å². The Morgan fingerprint density at radius 3 is 2.60 bits per heavy atom. The number of urea groups is 1. The van der Waals surface area contributed by atoms with Gasteiger partial charge in [0.2, 0.25) is 0 Å². The molecule has 2 aromatic heterocycles. The summed E-state index contributed by atoms with van der Waals surface area (Å²) >= 11 is 1.55. The van der Waals surface area contributed by atoms with Crippen LogP contribution in [0.15, 0.2) is 54.0 Å². The van der Waals surface area contributed by atoms with Gasteiger partial charge in [0.25, 0.3) is 0 Å². The first-order valence-corrected chi connectivity index (χ1v) is 8.73. The zero-order chi connectivity index (χ0) is 17.4. The molecule has 1 atom stereocenters. The van der Waals surface area contributed by atoms with Gasteiger partial charge in [-0.3, -0.25) is 0 Å². The Hall–Kier alpha value is -2.67. The van der Waals surface area contributed by atoms with Crippen molar-refractivity contribution in [1.29, 1.82) is 0 Å². The number of carbonyl (C=O) groups excluding carboxylic acids is 1. The van der Waals surface area contributed by atoms with Gasteiger partial charge in [0.15, 0.2) is 0 Å². The molecule has 0 bridgehead atoms. The number of amides is 2. The molecule has 3 aromatic rings. The zero-order valence-corrected chi connectivity index (χ0v) is 14.0. The van der Waals surface area contributed by atoms with Crippen molar-refractivity contribution in [2.24, 2.45) is 0 Å². The summed E-state index contributed by atoms with van der Waals surface area (Å²) in [5, 5.41) is 4.34. The number of para-hydroxylation sites is 1. The summed E-state index contributed by atoms with van der Waals surface area (Å²) < 4.78 is 29.8. The number of hydrogen-bond acceptors (Lipinski definition) is 2. The number of nitrogens with zero attached hydrogens (tertiary/aromatic N) is 2. The Balaban J connectivity index is 1.68. The summed E-state index contributed by atoms with van der Waals surface area (Å²) in [6.45, 7) is 1.09. The van der Waals surface area contributed by atoms with Crippen LogP contribution in [0.25, 0.3) is 0 Å². The van der Waals surface area contributed by atoms with E-state index in [-0.39, 0.29) is 6.04 Å². The van der Waals surface area contributed by atoms with E-state index in [2.05, 4.69) is 9.88 Å². The van der Waals surface area contributed by atoms with Crippen molar-refractivity contribution in [3.8, 4) is 0 Å². The average molecular weight is 359 g/mol. The quantitative estimate of drug-likeness (QED) is 0.720. The first kappa shape index (κ1) is 15.8. The number of benzene rings is 1. The number of thiophene rings is 1. The van der Waals surface area contributed by atoms with Crippen LogP contribution in [0.3, 0.4) is 0 Å². The largest absolute Gasteiger partial charge is 0.347 e. The minimum Gasteiger partial charge on any atom is -0.347 e. The molecule has 3 heterocycles. The van der Waals surface area contributed by atoms with E-state index < -0.39 is 23.4 Å². The lowest BCUT2D eigenvalue weighted by atomic mass is 10.1. The predicted octanol–water partition coefficient (Wildman–Crippen LogP) is 4.46. The SMILES string of the molecule is O=C(Nc1c(F)cccc1F)N1CCn2cccc2[C@@H]1c1cccs1. The van der Waals surface area contributed by atoms with Crippen LogP contribution in [0, 0.1) is 11.6 Å². The van der Waals surface area contributed by atoms with E-state index in [0.717, 1.165) is 22.7 Å². The molecular formula is C18H15F2N3OS. The summed E-state index contributed by atoms with van der Waals surface area (Å²) in [7, 11) is 0. The summed E-state index contributed by atoms with van der Waals surface area (Å²) in [5.74, 6) is -1.58. The molecule has 0 fully saturated rings. The van der Waals surface area contributed by atoms with Crippen LogP contribution in [-0.2, 0) is 6.54 Å². The van der Waals surface area contributed by atoms with E-state index in [4.69, 9.17) is 0 Å². The first-order valence-electron chi connectivity index (χ1n) is 7.85. The van der Waals surface area contributed by atoms with Crippen molar-refractivity contribution >= 4 is 23.1 Å². The summed E-state index contributed by atoms with van der Waals surface area (Å²) in [4.78, 5) is 15.4. The van der Waals surface area contributed by atoms with Crippen LogP contribution in [0.4, 0.5) is 19.3 Å². The lowest BCUT2D eigenvalue weighted by Gasteiger charge is -2.36. The lowest BCUT2D eigenvalue weighted by Crippen LogP contribution is -2.44. The van der Waals surface area contributed by atoms with Crippen LogP contribution >= 0.6 is 11.3 Å². The second-order valence-corrected chi connectivity index (χ2v) is 6.74. The highest BCUT2D eigenvalue weighted by molar-refractivity contribution is 7.10. The highest BCUT2D eigenvalue weighted by atomic mass is 32.1. The van der Waals surface area contributed by atoms with E-state index in [9.17, 15) is 13.6 Å². The van der Waals surface area contributed by atoms with Crippen molar-refractivity contribution in [2.45, 2.75) is 12.6 Å². The average Bonchev–Trinajstić information content (AvgIpc) is 3.28. The van der Waals surface area contributed by atoms with Gasteiger partial charge in [0.05, 0.1) is 0 Å². The lowest BCUT2D eigenvalue weighted by molar-refractivity contribution is 0.182. The zero-order valence-electron chi connectivity index (χ0n) is 13.2. The molecule has 25 heavy (non-hydrogen) atoms. The van der Waals surface area contributed by atoms with Gasteiger partial charge in [-0.05, 0) is 35.7 Å². The summed E-state index contributed by atoms with van der Waals surface area (Å²) in [5.41, 5.74) is 0.566. The predicted molar refractivity (Wildman–Crippen MR) is 92.7 cm³/mol. The number of fused-ring (bicyclic) bond motifs is 1. The van der Waals surface area contributed by atoms with Crippen LogP contribution in [0.2, 0.25) is 0 Å². The van der Waals surface area contributed by atoms with Crippen molar-refractivity contribution in [1.82, 2.24) is 9.47 Å². The fourth-order valence-electron chi connectivity index (χ4n) is 3.14. The summed E-state index contributed by atoms with van der Waals surface area (Å²) in [6, 6.07) is 10.5.